The number of ether oxygens (including phenoxy) is 2. The molecule has 194 valence electrons. The van der Waals surface area contributed by atoms with Crippen molar-refractivity contribution in [3.05, 3.63) is 70.4 Å². The topological polar surface area (TPSA) is 83.1 Å². The minimum Gasteiger partial charge on any atom is -0.494 e. The zero-order valence-corrected chi connectivity index (χ0v) is 22.5. The third-order valence-electron chi connectivity index (χ3n) is 5.78. The average molecular weight is 539 g/mol. The first-order valence-corrected chi connectivity index (χ1v) is 13.5. The van der Waals surface area contributed by atoms with Crippen molar-refractivity contribution in [2.24, 2.45) is 0 Å². The third kappa shape index (κ3) is 6.99. The normalized spacial score (nSPS) is 13.1. The molecular weight excluding hydrogens is 508 g/mol. The molecule has 0 spiro atoms. The van der Waals surface area contributed by atoms with Gasteiger partial charge in [-0.1, -0.05) is 6.07 Å². The lowest BCUT2D eigenvalue weighted by molar-refractivity contribution is 0.0751. The van der Waals surface area contributed by atoms with Gasteiger partial charge >= 0.3 is 0 Å². The van der Waals surface area contributed by atoms with Crippen molar-refractivity contribution in [2.75, 3.05) is 49.6 Å². The number of rotatable bonds is 8. The maximum atomic E-state index is 12.8. The van der Waals surface area contributed by atoms with E-state index < -0.39 is 0 Å². The Morgan fingerprint density at radius 2 is 1.59 bits per heavy atom. The molecule has 0 radical (unpaired) electrons. The first-order valence-electron chi connectivity index (χ1n) is 12.2. The van der Waals surface area contributed by atoms with Gasteiger partial charge in [-0.2, -0.15) is 0 Å². The van der Waals surface area contributed by atoms with Gasteiger partial charge < -0.3 is 24.6 Å². The van der Waals surface area contributed by atoms with Gasteiger partial charge in [-0.25, -0.2) is 0 Å². The molecule has 4 rings (SSSR count). The number of hydrogen-bond donors (Lipinski definition) is 2. The number of carbonyl (C=O) groups excluding carboxylic acids is 2. The number of amides is 2. The maximum absolute atomic E-state index is 12.8. The zero-order valence-electron chi connectivity index (χ0n) is 20.9. The summed E-state index contributed by atoms with van der Waals surface area (Å²) >= 11 is 6.83. The van der Waals surface area contributed by atoms with E-state index in [-0.39, 0.29) is 16.9 Å². The van der Waals surface area contributed by atoms with Crippen LogP contribution in [0.4, 0.5) is 11.4 Å². The second-order valence-corrected chi connectivity index (χ2v) is 9.63. The summed E-state index contributed by atoms with van der Waals surface area (Å²) in [5.74, 6) is 0.865. The van der Waals surface area contributed by atoms with Crippen LogP contribution >= 0.6 is 23.6 Å². The van der Waals surface area contributed by atoms with Gasteiger partial charge in [0.15, 0.2) is 5.11 Å². The van der Waals surface area contributed by atoms with E-state index in [4.69, 9.17) is 21.7 Å². The Labute approximate surface area is 226 Å². The van der Waals surface area contributed by atoms with E-state index in [0.29, 0.717) is 43.4 Å². The van der Waals surface area contributed by atoms with Crippen LogP contribution in [-0.4, -0.2) is 61.2 Å². The summed E-state index contributed by atoms with van der Waals surface area (Å²) in [4.78, 5) is 30.3. The van der Waals surface area contributed by atoms with Gasteiger partial charge in [0.1, 0.15) is 11.5 Å². The minimum atomic E-state index is -0.355. The Bertz CT molecular complexity index is 1200. The van der Waals surface area contributed by atoms with Crippen molar-refractivity contribution < 1.29 is 19.1 Å². The molecule has 1 aliphatic rings. The molecule has 2 N–H and O–H groups in total. The first kappa shape index (κ1) is 26.4. The molecular formula is C27H30N4O4S2. The molecule has 3 aromatic rings. The van der Waals surface area contributed by atoms with Gasteiger partial charge in [-0.05, 0) is 73.9 Å². The van der Waals surface area contributed by atoms with Crippen LogP contribution in [0, 0.1) is 0 Å². The number of nitrogens with one attached hydrogen (secondary N) is 2. The number of anilines is 2. The Hall–Kier alpha value is -3.63. The minimum absolute atomic E-state index is 0.100. The molecule has 0 unspecified atom stereocenters. The van der Waals surface area contributed by atoms with Crippen molar-refractivity contribution in [3.63, 3.8) is 0 Å². The number of benzene rings is 2. The highest BCUT2D eigenvalue weighted by atomic mass is 32.1. The molecule has 0 aliphatic carbocycles. The predicted molar refractivity (Wildman–Crippen MR) is 151 cm³/mol. The summed E-state index contributed by atoms with van der Waals surface area (Å²) in [6, 6.07) is 16.7. The van der Waals surface area contributed by atoms with Gasteiger partial charge in [0.2, 0.25) is 0 Å². The Balaban J connectivity index is 1.30. The van der Waals surface area contributed by atoms with E-state index in [0.717, 1.165) is 29.3 Å². The number of carbonyl (C=O) groups is 2. The summed E-state index contributed by atoms with van der Waals surface area (Å²) in [6.07, 6.45) is 0. The van der Waals surface area contributed by atoms with Crippen LogP contribution in [0.15, 0.2) is 60.0 Å². The fraction of sp³-hybridized carbons (Fsp3) is 0.296. The first-order chi connectivity index (χ1) is 18.0. The van der Waals surface area contributed by atoms with E-state index >= 15 is 0 Å². The number of piperazine rings is 1. The summed E-state index contributed by atoms with van der Waals surface area (Å²) in [6.45, 7) is 7.62. The SMILES string of the molecule is CCOc1cc(OCC)cc(C(=O)NC(=S)Nc2ccc(N3CCN(C(=O)c4cccs4)CC3)cc2)c1. The van der Waals surface area contributed by atoms with Crippen LogP contribution in [0.5, 0.6) is 11.5 Å². The van der Waals surface area contributed by atoms with Crippen LogP contribution in [0.1, 0.15) is 33.9 Å². The maximum Gasteiger partial charge on any atom is 0.264 e. The number of thiocarbonyl (C=S) groups is 1. The average Bonchev–Trinajstić information content (AvgIpc) is 3.44. The summed E-state index contributed by atoms with van der Waals surface area (Å²) in [7, 11) is 0. The highest BCUT2D eigenvalue weighted by molar-refractivity contribution is 7.80. The zero-order chi connectivity index (χ0) is 26.2. The second kappa shape index (κ2) is 12.6. The summed E-state index contributed by atoms with van der Waals surface area (Å²) < 4.78 is 11.1. The second-order valence-electron chi connectivity index (χ2n) is 8.27. The summed E-state index contributed by atoms with van der Waals surface area (Å²) in [5, 5.41) is 7.89. The Morgan fingerprint density at radius 3 is 2.16 bits per heavy atom. The molecule has 1 saturated heterocycles. The predicted octanol–water partition coefficient (Wildman–Crippen LogP) is 4.63. The highest BCUT2D eigenvalue weighted by Gasteiger charge is 2.23. The number of thiophene rings is 1. The molecule has 0 atom stereocenters. The lowest BCUT2D eigenvalue weighted by Crippen LogP contribution is -2.48. The van der Waals surface area contributed by atoms with Gasteiger partial charge in [0, 0.05) is 49.2 Å². The van der Waals surface area contributed by atoms with Crippen molar-refractivity contribution in [2.45, 2.75) is 13.8 Å². The van der Waals surface area contributed by atoms with E-state index in [1.54, 1.807) is 18.2 Å². The Kier molecular flexibility index (Phi) is 8.97. The fourth-order valence-electron chi connectivity index (χ4n) is 4.02. The lowest BCUT2D eigenvalue weighted by atomic mass is 10.2. The molecule has 1 fully saturated rings. The molecule has 37 heavy (non-hydrogen) atoms. The summed E-state index contributed by atoms with van der Waals surface area (Å²) in [5.41, 5.74) is 2.23. The molecule has 0 bridgehead atoms. The van der Waals surface area contributed by atoms with Crippen LogP contribution in [0.3, 0.4) is 0 Å². The van der Waals surface area contributed by atoms with E-state index in [1.165, 1.54) is 11.3 Å². The Morgan fingerprint density at radius 1 is 0.946 bits per heavy atom. The molecule has 2 aromatic carbocycles. The van der Waals surface area contributed by atoms with Crippen LogP contribution in [-0.2, 0) is 0 Å². The van der Waals surface area contributed by atoms with Crippen LogP contribution in [0.25, 0.3) is 0 Å². The molecule has 1 aromatic heterocycles. The van der Waals surface area contributed by atoms with E-state index in [1.807, 2.05) is 60.5 Å². The van der Waals surface area contributed by atoms with Crippen molar-refractivity contribution in [1.82, 2.24) is 10.2 Å². The highest BCUT2D eigenvalue weighted by Crippen LogP contribution is 2.24. The third-order valence-corrected chi connectivity index (χ3v) is 6.84. The molecule has 8 nitrogen and oxygen atoms in total. The molecule has 2 amide bonds. The van der Waals surface area contributed by atoms with Gasteiger partial charge in [-0.3, -0.25) is 14.9 Å². The fourth-order valence-corrected chi connectivity index (χ4v) is 4.92. The molecule has 2 heterocycles. The number of nitrogens with zero attached hydrogens (tertiary/aromatic N) is 2. The largest absolute Gasteiger partial charge is 0.494 e. The van der Waals surface area contributed by atoms with Crippen molar-refractivity contribution in [1.29, 1.82) is 0 Å². The molecule has 10 heteroatoms. The monoisotopic (exact) mass is 538 g/mol. The van der Waals surface area contributed by atoms with Gasteiger partial charge in [-0.15, -0.1) is 11.3 Å². The van der Waals surface area contributed by atoms with Crippen LogP contribution < -0.4 is 25.0 Å². The molecule has 1 aliphatic heterocycles. The lowest BCUT2D eigenvalue weighted by Gasteiger charge is -2.36. The van der Waals surface area contributed by atoms with E-state index in [2.05, 4.69) is 15.5 Å². The van der Waals surface area contributed by atoms with Gasteiger partial charge in [0.05, 0.1) is 18.1 Å². The molecule has 0 saturated carbocycles. The smallest absolute Gasteiger partial charge is 0.264 e. The number of hydrogen-bond acceptors (Lipinski definition) is 7. The van der Waals surface area contributed by atoms with E-state index in [9.17, 15) is 9.59 Å². The van der Waals surface area contributed by atoms with Gasteiger partial charge in [0.25, 0.3) is 11.8 Å². The van der Waals surface area contributed by atoms with Crippen molar-refractivity contribution in [3.8, 4) is 11.5 Å². The quantitative estimate of drug-likeness (QED) is 0.405. The standard InChI is InChI=1S/C27H30N4O4S2/c1-3-34-22-16-19(17-23(18-22)35-4-2)25(32)29-27(36)28-20-7-9-21(10-8-20)30-11-13-31(14-12-30)26(33)24-6-5-15-37-24/h5-10,15-18H,3-4,11-14H2,1-2H3,(H2,28,29,32,36). The van der Waals surface area contributed by atoms with Crippen LogP contribution in [0.2, 0.25) is 0 Å². The van der Waals surface area contributed by atoms with Crippen molar-refractivity contribution >= 4 is 51.9 Å².